The first-order valence-corrected chi connectivity index (χ1v) is 7.64. The van der Waals surface area contributed by atoms with Crippen LogP contribution in [0.5, 0.6) is 0 Å². The third kappa shape index (κ3) is 5.94. The average molecular weight is 269 g/mol. The van der Waals surface area contributed by atoms with Crippen molar-refractivity contribution >= 4 is 5.91 Å². The minimum Gasteiger partial charge on any atom is -0.396 e. The van der Waals surface area contributed by atoms with Crippen LogP contribution in [0.1, 0.15) is 66.2 Å². The van der Waals surface area contributed by atoms with Crippen LogP contribution >= 0.6 is 0 Å². The van der Waals surface area contributed by atoms with E-state index in [9.17, 15) is 9.90 Å². The Bertz CT molecular complexity index is 288. The molecule has 1 unspecified atom stereocenters. The normalized spacial score (nSPS) is 20.3. The molecule has 0 aromatic carbocycles. The Balaban J connectivity index is 2.31. The summed E-state index contributed by atoms with van der Waals surface area (Å²) in [6, 6.07) is 0. The molecule has 1 atom stereocenters. The van der Waals surface area contributed by atoms with Gasteiger partial charge in [-0.2, -0.15) is 0 Å². The molecular weight excluding hydrogens is 238 g/mol. The molecule has 0 spiro atoms. The number of aliphatic hydroxyl groups excluding tert-OH is 1. The van der Waals surface area contributed by atoms with E-state index in [1.807, 2.05) is 0 Å². The Hall–Kier alpha value is -0.570. The van der Waals surface area contributed by atoms with E-state index in [-0.39, 0.29) is 23.3 Å². The Morgan fingerprint density at radius 1 is 1.32 bits per heavy atom. The molecule has 1 saturated carbocycles. The molecule has 3 heteroatoms. The highest BCUT2D eigenvalue weighted by Gasteiger charge is 2.33. The zero-order valence-corrected chi connectivity index (χ0v) is 13.1. The van der Waals surface area contributed by atoms with Gasteiger partial charge >= 0.3 is 0 Å². The van der Waals surface area contributed by atoms with Gasteiger partial charge in [-0.25, -0.2) is 0 Å². The lowest BCUT2D eigenvalue weighted by atomic mass is 9.84. The molecule has 0 heterocycles. The Labute approximate surface area is 118 Å². The quantitative estimate of drug-likeness (QED) is 0.778. The smallest absolute Gasteiger partial charge is 0.220 e. The monoisotopic (exact) mass is 269 g/mol. The number of hydrogen-bond donors (Lipinski definition) is 2. The second kappa shape index (κ2) is 6.74. The van der Waals surface area contributed by atoms with Crippen LogP contribution < -0.4 is 5.32 Å². The van der Waals surface area contributed by atoms with E-state index in [1.54, 1.807) is 0 Å². The highest BCUT2D eigenvalue weighted by atomic mass is 16.3. The van der Waals surface area contributed by atoms with Crippen molar-refractivity contribution in [3.63, 3.8) is 0 Å². The summed E-state index contributed by atoms with van der Waals surface area (Å²) in [6.45, 7) is 9.61. The number of hydrogen-bond acceptors (Lipinski definition) is 2. The average Bonchev–Trinajstić information content (AvgIpc) is 2.73. The summed E-state index contributed by atoms with van der Waals surface area (Å²) in [6.07, 6.45) is 6.10. The van der Waals surface area contributed by atoms with Gasteiger partial charge in [0.25, 0.3) is 0 Å². The first kappa shape index (κ1) is 16.5. The molecule has 112 valence electrons. The molecular formula is C16H31NO2. The summed E-state index contributed by atoms with van der Waals surface area (Å²) in [4.78, 5) is 12.0. The van der Waals surface area contributed by atoms with Crippen LogP contribution in [-0.4, -0.2) is 24.2 Å². The Morgan fingerprint density at radius 2 is 1.89 bits per heavy atom. The van der Waals surface area contributed by atoms with Gasteiger partial charge in [0.15, 0.2) is 0 Å². The topological polar surface area (TPSA) is 49.3 Å². The van der Waals surface area contributed by atoms with Gasteiger partial charge in [-0.15, -0.1) is 0 Å². The molecule has 0 radical (unpaired) electrons. The van der Waals surface area contributed by atoms with Gasteiger partial charge in [0.1, 0.15) is 0 Å². The third-order valence-electron chi connectivity index (χ3n) is 4.15. The summed E-state index contributed by atoms with van der Waals surface area (Å²) in [5.41, 5.74) is 0.237. The summed E-state index contributed by atoms with van der Waals surface area (Å²) in [7, 11) is 0. The van der Waals surface area contributed by atoms with Crippen molar-refractivity contribution in [1.82, 2.24) is 5.32 Å². The van der Waals surface area contributed by atoms with Crippen molar-refractivity contribution in [3.8, 4) is 0 Å². The summed E-state index contributed by atoms with van der Waals surface area (Å²) in [5.74, 6) is 0.546. The molecule has 19 heavy (non-hydrogen) atoms. The van der Waals surface area contributed by atoms with Crippen LogP contribution in [-0.2, 0) is 4.79 Å². The van der Waals surface area contributed by atoms with Crippen molar-refractivity contribution in [2.24, 2.45) is 16.7 Å². The van der Waals surface area contributed by atoms with E-state index in [2.05, 4.69) is 33.0 Å². The summed E-state index contributed by atoms with van der Waals surface area (Å²) in [5, 5.41) is 12.5. The minimum absolute atomic E-state index is 0.0388. The fourth-order valence-electron chi connectivity index (χ4n) is 3.31. The number of carbonyl (C=O) groups excluding carboxylic acids is 1. The molecule has 2 N–H and O–H groups in total. The van der Waals surface area contributed by atoms with E-state index in [0.29, 0.717) is 18.9 Å². The summed E-state index contributed by atoms with van der Waals surface area (Å²) >= 11 is 0. The van der Waals surface area contributed by atoms with Gasteiger partial charge in [0.2, 0.25) is 5.91 Å². The molecule has 1 amide bonds. The second-order valence-electron chi connectivity index (χ2n) is 7.72. The SMILES string of the molecule is CC(CC(=O)NCC1(CO)CCCC1)CC(C)(C)C. The predicted molar refractivity (Wildman–Crippen MR) is 78.8 cm³/mol. The molecule has 0 aromatic heterocycles. The maximum absolute atomic E-state index is 12.0. The molecule has 1 fully saturated rings. The van der Waals surface area contributed by atoms with Crippen LogP contribution in [0.15, 0.2) is 0 Å². The number of amides is 1. The van der Waals surface area contributed by atoms with E-state index < -0.39 is 0 Å². The van der Waals surface area contributed by atoms with E-state index in [1.165, 1.54) is 12.8 Å². The van der Waals surface area contributed by atoms with Crippen molar-refractivity contribution in [3.05, 3.63) is 0 Å². The van der Waals surface area contributed by atoms with Crippen molar-refractivity contribution in [1.29, 1.82) is 0 Å². The van der Waals surface area contributed by atoms with Crippen LogP contribution in [0, 0.1) is 16.7 Å². The molecule has 1 rings (SSSR count). The third-order valence-corrected chi connectivity index (χ3v) is 4.15. The highest BCUT2D eigenvalue weighted by molar-refractivity contribution is 5.76. The number of nitrogens with one attached hydrogen (secondary N) is 1. The van der Waals surface area contributed by atoms with Crippen molar-refractivity contribution in [2.75, 3.05) is 13.2 Å². The van der Waals surface area contributed by atoms with Gasteiger partial charge in [-0.3, -0.25) is 4.79 Å². The van der Waals surface area contributed by atoms with Crippen LogP contribution in [0.25, 0.3) is 0 Å². The zero-order valence-electron chi connectivity index (χ0n) is 13.1. The van der Waals surface area contributed by atoms with Crippen LogP contribution in [0.4, 0.5) is 0 Å². The van der Waals surface area contributed by atoms with Crippen LogP contribution in [0.3, 0.4) is 0 Å². The predicted octanol–water partition coefficient (Wildman–Crippen LogP) is 3.12. The second-order valence-corrected chi connectivity index (χ2v) is 7.72. The van der Waals surface area contributed by atoms with Crippen LogP contribution in [0.2, 0.25) is 0 Å². The first-order chi connectivity index (χ1) is 8.76. The first-order valence-electron chi connectivity index (χ1n) is 7.64. The summed E-state index contributed by atoms with van der Waals surface area (Å²) < 4.78 is 0. The zero-order chi connectivity index (χ0) is 14.5. The fraction of sp³-hybridized carbons (Fsp3) is 0.938. The molecule has 0 saturated heterocycles. The van der Waals surface area contributed by atoms with E-state index in [0.717, 1.165) is 19.3 Å². The number of carbonyl (C=O) groups is 1. The lowest BCUT2D eigenvalue weighted by Gasteiger charge is -2.27. The largest absolute Gasteiger partial charge is 0.396 e. The lowest BCUT2D eigenvalue weighted by Crippen LogP contribution is -2.38. The van der Waals surface area contributed by atoms with Gasteiger partial charge < -0.3 is 10.4 Å². The van der Waals surface area contributed by atoms with E-state index in [4.69, 9.17) is 0 Å². The van der Waals surface area contributed by atoms with Crippen molar-refractivity contribution in [2.45, 2.75) is 66.2 Å². The number of aliphatic hydroxyl groups is 1. The lowest BCUT2D eigenvalue weighted by molar-refractivity contribution is -0.122. The van der Waals surface area contributed by atoms with E-state index >= 15 is 0 Å². The molecule has 1 aliphatic carbocycles. The number of rotatable bonds is 6. The molecule has 0 aliphatic heterocycles. The fourth-order valence-corrected chi connectivity index (χ4v) is 3.31. The maximum Gasteiger partial charge on any atom is 0.220 e. The van der Waals surface area contributed by atoms with Gasteiger partial charge in [-0.1, -0.05) is 40.5 Å². The molecule has 1 aliphatic rings. The Kier molecular flexibility index (Phi) is 5.84. The standard InChI is InChI=1S/C16H31NO2/c1-13(10-15(2,3)4)9-14(19)17-11-16(12-18)7-5-6-8-16/h13,18H,5-12H2,1-4H3,(H,17,19). The highest BCUT2D eigenvalue weighted by Crippen LogP contribution is 2.37. The maximum atomic E-state index is 12.0. The van der Waals surface area contributed by atoms with Crippen molar-refractivity contribution < 1.29 is 9.90 Å². The molecule has 0 aromatic rings. The van der Waals surface area contributed by atoms with Gasteiger partial charge in [-0.05, 0) is 30.6 Å². The minimum atomic E-state index is -0.0388. The van der Waals surface area contributed by atoms with Gasteiger partial charge in [0.05, 0.1) is 6.61 Å². The van der Waals surface area contributed by atoms with Gasteiger partial charge in [0, 0.05) is 18.4 Å². The molecule has 3 nitrogen and oxygen atoms in total. The molecule has 0 bridgehead atoms. The Morgan fingerprint density at radius 3 is 2.37 bits per heavy atom.